The van der Waals surface area contributed by atoms with E-state index in [1.807, 2.05) is 60.2 Å². The van der Waals surface area contributed by atoms with Crippen LogP contribution in [0.2, 0.25) is 0 Å². The molecule has 5 heteroatoms. The van der Waals surface area contributed by atoms with Crippen molar-refractivity contribution < 1.29 is 4.79 Å². The van der Waals surface area contributed by atoms with E-state index >= 15 is 0 Å². The maximum absolute atomic E-state index is 12.7. The molecule has 1 aliphatic heterocycles. The number of likely N-dealkylation sites (tertiary alicyclic amines) is 1. The fourth-order valence-corrected chi connectivity index (χ4v) is 3.20. The van der Waals surface area contributed by atoms with Gasteiger partial charge < -0.3 is 10.2 Å². The lowest BCUT2D eigenvalue weighted by Gasteiger charge is -2.32. The van der Waals surface area contributed by atoms with E-state index in [-0.39, 0.29) is 5.91 Å². The summed E-state index contributed by atoms with van der Waals surface area (Å²) >= 11 is 0. The summed E-state index contributed by atoms with van der Waals surface area (Å²) in [5.41, 5.74) is 2.85. The van der Waals surface area contributed by atoms with E-state index in [2.05, 4.69) is 10.4 Å². The molecule has 0 aliphatic carbocycles. The Balaban J connectivity index is 1.70. The molecule has 2 aromatic rings. The number of carbonyl (C=O) groups excluding carboxylic acids is 1. The van der Waals surface area contributed by atoms with Crippen molar-refractivity contribution in [2.75, 3.05) is 26.7 Å². The van der Waals surface area contributed by atoms with Crippen LogP contribution in [0.15, 0.2) is 36.7 Å². The van der Waals surface area contributed by atoms with Gasteiger partial charge in [-0.05, 0) is 69.1 Å². The van der Waals surface area contributed by atoms with Gasteiger partial charge in [-0.15, -0.1) is 0 Å². The first-order chi connectivity index (χ1) is 11.2. The van der Waals surface area contributed by atoms with E-state index < -0.39 is 0 Å². The zero-order valence-electron chi connectivity index (χ0n) is 13.8. The average molecular weight is 312 g/mol. The summed E-state index contributed by atoms with van der Waals surface area (Å²) in [6.45, 7) is 4.69. The summed E-state index contributed by atoms with van der Waals surface area (Å²) in [6.07, 6.45) is 6.09. The molecule has 1 aliphatic rings. The molecule has 1 fully saturated rings. The minimum Gasteiger partial charge on any atom is -0.338 e. The molecule has 3 rings (SSSR count). The van der Waals surface area contributed by atoms with E-state index in [1.54, 1.807) is 0 Å². The molecule has 122 valence electrons. The van der Waals surface area contributed by atoms with Crippen molar-refractivity contribution in [2.24, 2.45) is 5.92 Å². The summed E-state index contributed by atoms with van der Waals surface area (Å²) in [7, 11) is 1.97. The third-order valence-corrected chi connectivity index (χ3v) is 4.39. The number of piperidine rings is 1. The Kier molecular flexibility index (Phi) is 4.76. The lowest BCUT2D eigenvalue weighted by Crippen LogP contribution is -2.42. The highest BCUT2D eigenvalue weighted by atomic mass is 16.2. The number of aromatic nitrogens is 2. The van der Waals surface area contributed by atoms with Crippen LogP contribution in [0.3, 0.4) is 0 Å². The van der Waals surface area contributed by atoms with Gasteiger partial charge in [0, 0.05) is 24.8 Å². The van der Waals surface area contributed by atoms with Crippen molar-refractivity contribution in [2.45, 2.75) is 19.8 Å². The predicted molar refractivity (Wildman–Crippen MR) is 90.9 cm³/mol. The Labute approximate surface area is 137 Å². The van der Waals surface area contributed by atoms with Crippen LogP contribution < -0.4 is 5.32 Å². The first-order valence-corrected chi connectivity index (χ1v) is 8.23. The van der Waals surface area contributed by atoms with Gasteiger partial charge in [0.15, 0.2) is 0 Å². The van der Waals surface area contributed by atoms with E-state index in [4.69, 9.17) is 0 Å². The summed E-state index contributed by atoms with van der Waals surface area (Å²) in [4.78, 5) is 14.7. The molecule has 0 radical (unpaired) electrons. The van der Waals surface area contributed by atoms with E-state index in [0.29, 0.717) is 5.92 Å². The topological polar surface area (TPSA) is 50.2 Å². The Morgan fingerprint density at radius 1 is 1.35 bits per heavy atom. The summed E-state index contributed by atoms with van der Waals surface area (Å²) in [5, 5.41) is 7.51. The Morgan fingerprint density at radius 3 is 2.78 bits per heavy atom. The highest BCUT2D eigenvalue weighted by Gasteiger charge is 2.24. The molecular formula is C18H24N4O. The minimum absolute atomic E-state index is 0.133. The molecule has 1 aromatic heterocycles. The van der Waals surface area contributed by atoms with Gasteiger partial charge in [0.25, 0.3) is 5.91 Å². The van der Waals surface area contributed by atoms with Crippen molar-refractivity contribution >= 4 is 5.91 Å². The fourth-order valence-electron chi connectivity index (χ4n) is 3.20. The molecule has 1 aromatic carbocycles. The van der Waals surface area contributed by atoms with Gasteiger partial charge in [0.05, 0.1) is 11.9 Å². The first-order valence-electron chi connectivity index (χ1n) is 8.23. The number of aryl methyl sites for hydroxylation is 1. The summed E-state index contributed by atoms with van der Waals surface area (Å²) in [5.74, 6) is 0.693. The Hall–Kier alpha value is -2.14. The number of nitrogens with zero attached hydrogens (tertiary/aromatic N) is 3. The molecule has 23 heavy (non-hydrogen) atoms. The van der Waals surface area contributed by atoms with Crippen molar-refractivity contribution in [1.29, 1.82) is 0 Å². The Morgan fingerprint density at radius 2 is 2.13 bits per heavy atom. The number of hydrogen-bond donors (Lipinski definition) is 1. The zero-order valence-corrected chi connectivity index (χ0v) is 13.8. The molecule has 1 amide bonds. The second-order valence-electron chi connectivity index (χ2n) is 6.33. The first kappa shape index (κ1) is 15.7. The van der Waals surface area contributed by atoms with Crippen molar-refractivity contribution in [3.05, 3.63) is 47.8 Å². The quantitative estimate of drug-likeness (QED) is 0.942. The molecular weight excluding hydrogens is 288 g/mol. The molecule has 0 bridgehead atoms. The molecule has 1 atom stereocenters. The maximum atomic E-state index is 12.7. The number of rotatable bonds is 4. The zero-order chi connectivity index (χ0) is 16.2. The summed E-state index contributed by atoms with van der Waals surface area (Å²) < 4.78 is 1.83. The normalized spacial score (nSPS) is 18.2. The average Bonchev–Trinajstić information content (AvgIpc) is 3.01. The van der Waals surface area contributed by atoms with Gasteiger partial charge >= 0.3 is 0 Å². The number of benzene rings is 1. The van der Waals surface area contributed by atoms with E-state index in [1.165, 1.54) is 6.42 Å². The standard InChI is InChI=1S/C18H24N4O/c1-14-10-20-22(12-14)17-7-5-16(6-8-17)18(23)21-9-3-4-15(13-21)11-19-2/h5-8,10,12,15,19H,3-4,9,11,13H2,1-2H3/t15-/m0/s1. The van der Waals surface area contributed by atoms with Crippen molar-refractivity contribution in [1.82, 2.24) is 20.0 Å². The van der Waals surface area contributed by atoms with E-state index in [9.17, 15) is 4.79 Å². The number of hydrogen-bond acceptors (Lipinski definition) is 3. The largest absolute Gasteiger partial charge is 0.338 e. The molecule has 0 spiro atoms. The Bertz CT molecular complexity index is 660. The number of nitrogens with one attached hydrogen (secondary N) is 1. The fraction of sp³-hybridized carbons (Fsp3) is 0.444. The third kappa shape index (κ3) is 3.62. The SMILES string of the molecule is CNC[C@@H]1CCCN(C(=O)c2ccc(-n3cc(C)cn3)cc2)C1. The second-order valence-corrected chi connectivity index (χ2v) is 6.33. The van der Waals surface area contributed by atoms with Crippen LogP contribution in [0.4, 0.5) is 0 Å². The second kappa shape index (κ2) is 6.96. The van der Waals surface area contributed by atoms with Crippen LogP contribution in [0.1, 0.15) is 28.8 Å². The summed E-state index contributed by atoms with van der Waals surface area (Å²) in [6, 6.07) is 7.70. The highest BCUT2D eigenvalue weighted by Crippen LogP contribution is 2.19. The predicted octanol–water partition coefficient (Wildman–Crippen LogP) is 2.25. The maximum Gasteiger partial charge on any atom is 0.253 e. The van der Waals surface area contributed by atoms with E-state index in [0.717, 1.165) is 42.9 Å². The van der Waals surface area contributed by atoms with Gasteiger partial charge in [0.1, 0.15) is 0 Å². The molecule has 1 N–H and O–H groups in total. The van der Waals surface area contributed by atoms with Gasteiger partial charge in [-0.1, -0.05) is 0 Å². The van der Waals surface area contributed by atoms with Gasteiger partial charge in [-0.2, -0.15) is 5.10 Å². The number of amides is 1. The van der Waals surface area contributed by atoms with Gasteiger partial charge in [-0.3, -0.25) is 4.79 Å². The third-order valence-electron chi connectivity index (χ3n) is 4.39. The number of carbonyl (C=O) groups is 1. The minimum atomic E-state index is 0.133. The van der Waals surface area contributed by atoms with Gasteiger partial charge in [-0.25, -0.2) is 4.68 Å². The smallest absolute Gasteiger partial charge is 0.253 e. The molecule has 0 saturated carbocycles. The highest BCUT2D eigenvalue weighted by molar-refractivity contribution is 5.94. The van der Waals surface area contributed by atoms with Gasteiger partial charge in [0.2, 0.25) is 0 Å². The molecule has 5 nitrogen and oxygen atoms in total. The van der Waals surface area contributed by atoms with Crippen molar-refractivity contribution in [3.8, 4) is 5.69 Å². The van der Waals surface area contributed by atoms with Crippen LogP contribution in [0.5, 0.6) is 0 Å². The monoisotopic (exact) mass is 312 g/mol. The molecule has 0 unspecified atom stereocenters. The molecule has 2 heterocycles. The van der Waals surface area contributed by atoms with Crippen LogP contribution in [-0.2, 0) is 0 Å². The lowest BCUT2D eigenvalue weighted by atomic mass is 9.97. The lowest BCUT2D eigenvalue weighted by molar-refractivity contribution is 0.0674. The molecule has 1 saturated heterocycles. The van der Waals surface area contributed by atoms with Crippen LogP contribution in [0.25, 0.3) is 5.69 Å². The van der Waals surface area contributed by atoms with Crippen LogP contribution in [-0.4, -0.2) is 47.3 Å². The van der Waals surface area contributed by atoms with Crippen LogP contribution >= 0.6 is 0 Å². The van der Waals surface area contributed by atoms with Crippen molar-refractivity contribution in [3.63, 3.8) is 0 Å². The van der Waals surface area contributed by atoms with Crippen LogP contribution in [0, 0.1) is 12.8 Å².